The lowest BCUT2D eigenvalue weighted by Gasteiger charge is -2.29. The molecular weight excluding hydrogens is 380 g/mol. The molecular formula is C21H25ClN2O4. The number of hydrogen-bond acceptors (Lipinski definition) is 5. The number of amides is 2. The van der Waals surface area contributed by atoms with Crippen LogP contribution in [0.3, 0.4) is 0 Å². The van der Waals surface area contributed by atoms with Gasteiger partial charge in [0.2, 0.25) is 0 Å². The Kier molecular flexibility index (Phi) is 6.34. The first kappa shape index (κ1) is 21.7. The number of ether oxygens (including phenoxy) is 2. The SMILES string of the molecule is CC(C)(C)OC(=O)N(C(=O)OC(C)(C)C)c1nc(Cl)ccc1-c1ccccc1. The van der Waals surface area contributed by atoms with Gasteiger partial charge >= 0.3 is 12.2 Å². The third-order valence-electron chi connectivity index (χ3n) is 3.29. The van der Waals surface area contributed by atoms with Crippen molar-refractivity contribution in [2.24, 2.45) is 0 Å². The molecule has 0 aliphatic rings. The average molecular weight is 405 g/mol. The van der Waals surface area contributed by atoms with E-state index in [1.807, 2.05) is 30.3 Å². The summed E-state index contributed by atoms with van der Waals surface area (Å²) in [5.41, 5.74) is -0.327. The fraction of sp³-hybridized carbons (Fsp3) is 0.381. The molecule has 0 fully saturated rings. The van der Waals surface area contributed by atoms with Crippen molar-refractivity contribution in [3.8, 4) is 11.1 Å². The van der Waals surface area contributed by atoms with E-state index in [9.17, 15) is 9.59 Å². The summed E-state index contributed by atoms with van der Waals surface area (Å²) >= 11 is 6.08. The summed E-state index contributed by atoms with van der Waals surface area (Å²) in [6.07, 6.45) is -1.79. The fourth-order valence-electron chi connectivity index (χ4n) is 2.30. The Balaban J connectivity index is 2.61. The van der Waals surface area contributed by atoms with Gasteiger partial charge in [0, 0.05) is 5.56 Å². The van der Waals surface area contributed by atoms with Crippen molar-refractivity contribution in [1.29, 1.82) is 0 Å². The lowest BCUT2D eigenvalue weighted by molar-refractivity contribution is 0.0429. The zero-order valence-corrected chi connectivity index (χ0v) is 17.7. The van der Waals surface area contributed by atoms with Gasteiger partial charge < -0.3 is 9.47 Å². The van der Waals surface area contributed by atoms with Gasteiger partial charge in [-0.3, -0.25) is 0 Å². The summed E-state index contributed by atoms with van der Waals surface area (Å²) in [6.45, 7) is 10.3. The smallest absolute Gasteiger partial charge is 0.425 e. The largest absolute Gasteiger partial charge is 0.443 e. The molecule has 2 amide bonds. The maximum atomic E-state index is 12.9. The number of nitrogens with zero attached hydrogens (tertiary/aromatic N) is 2. The zero-order chi connectivity index (χ0) is 21.1. The number of halogens is 1. The van der Waals surface area contributed by atoms with E-state index < -0.39 is 23.4 Å². The second-order valence-corrected chi connectivity index (χ2v) is 8.55. The number of anilines is 1. The molecule has 0 spiro atoms. The van der Waals surface area contributed by atoms with Gasteiger partial charge in [-0.05, 0) is 59.2 Å². The Bertz CT molecular complexity index is 827. The quantitative estimate of drug-likeness (QED) is 0.567. The number of imide groups is 1. The highest BCUT2D eigenvalue weighted by atomic mass is 35.5. The van der Waals surface area contributed by atoms with Crippen molar-refractivity contribution in [2.75, 3.05) is 4.90 Å². The Morgan fingerprint density at radius 2 is 1.36 bits per heavy atom. The standard InChI is InChI=1S/C21H25ClN2O4/c1-20(2,3)27-18(25)24(19(26)28-21(4,5)6)17-15(12-13-16(22)23-17)14-10-8-7-9-11-14/h7-13H,1-6H3. The predicted molar refractivity (Wildman–Crippen MR) is 110 cm³/mol. The summed E-state index contributed by atoms with van der Waals surface area (Å²) in [7, 11) is 0. The van der Waals surface area contributed by atoms with Crippen LogP contribution in [0.15, 0.2) is 42.5 Å². The third kappa shape index (κ3) is 5.96. The summed E-state index contributed by atoms with van der Waals surface area (Å²) in [5, 5.41) is 0.131. The van der Waals surface area contributed by atoms with Gasteiger partial charge in [0.05, 0.1) is 0 Å². The molecule has 0 saturated heterocycles. The molecule has 0 bridgehead atoms. The Labute approximate surface area is 170 Å². The molecule has 1 aromatic heterocycles. The van der Waals surface area contributed by atoms with Crippen molar-refractivity contribution in [3.63, 3.8) is 0 Å². The van der Waals surface area contributed by atoms with E-state index in [0.717, 1.165) is 10.5 Å². The highest BCUT2D eigenvalue weighted by Crippen LogP contribution is 2.32. The van der Waals surface area contributed by atoms with Crippen LogP contribution in [0, 0.1) is 0 Å². The monoisotopic (exact) mass is 404 g/mol. The minimum atomic E-state index is -0.895. The van der Waals surface area contributed by atoms with Gasteiger partial charge in [-0.25, -0.2) is 14.6 Å². The van der Waals surface area contributed by atoms with E-state index in [4.69, 9.17) is 21.1 Å². The first-order valence-electron chi connectivity index (χ1n) is 8.85. The molecule has 0 radical (unpaired) electrons. The van der Waals surface area contributed by atoms with Crippen LogP contribution in [0.1, 0.15) is 41.5 Å². The van der Waals surface area contributed by atoms with Crippen molar-refractivity contribution in [3.05, 3.63) is 47.6 Å². The number of aromatic nitrogens is 1. The maximum absolute atomic E-state index is 12.9. The number of rotatable bonds is 2. The summed E-state index contributed by atoms with van der Waals surface area (Å²) < 4.78 is 10.8. The van der Waals surface area contributed by atoms with Crippen LogP contribution in [0.5, 0.6) is 0 Å². The number of pyridine rings is 1. The van der Waals surface area contributed by atoms with Gasteiger partial charge in [-0.2, -0.15) is 4.90 Å². The van der Waals surface area contributed by atoms with E-state index in [-0.39, 0.29) is 11.0 Å². The molecule has 7 heteroatoms. The van der Waals surface area contributed by atoms with Crippen molar-refractivity contribution in [1.82, 2.24) is 4.98 Å². The molecule has 0 aliphatic heterocycles. The van der Waals surface area contributed by atoms with E-state index in [1.54, 1.807) is 53.7 Å². The van der Waals surface area contributed by atoms with Gasteiger partial charge in [0.1, 0.15) is 16.4 Å². The van der Waals surface area contributed by atoms with Gasteiger partial charge in [0.25, 0.3) is 0 Å². The van der Waals surface area contributed by atoms with E-state index >= 15 is 0 Å². The van der Waals surface area contributed by atoms with Crippen molar-refractivity contribution < 1.29 is 19.1 Å². The second kappa shape index (κ2) is 8.19. The van der Waals surface area contributed by atoms with E-state index in [2.05, 4.69) is 4.98 Å². The average Bonchev–Trinajstić information content (AvgIpc) is 2.52. The summed E-state index contributed by atoms with van der Waals surface area (Å²) in [6, 6.07) is 12.5. The fourth-order valence-corrected chi connectivity index (χ4v) is 2.44. The molecule has 6 nitrogen and oxygen atoms in total. The third-order valence-corrected chi connectivity index (χ3v) is 3.50. The second-order valence-electron chi connectivity index (χ2n) is 8.17. The highest BCUT2D eigenvalue weighted by molar-refractivity contribution is 6.29. The normalized spacial score (nSPS) is 11.7. The highest BCUT2D eigenvalue weighted by Gasteiger charge is 2.35. The minimum Gasteiger partial charge on any atom is -0.443 e. The summed E-state index contributed by atoms with van der Waals surface area (Å²) in [4.78, 5) is 30.8. The van der Waals surface area contributed by atoms with Crippen LogP contribution >= 0.6 is 11.6 Å². The Morgan fingerprint density at radius 1 is 0.857 bits per heavy atom. The zero-order valence-electron chi connectivity index (χ0n) is 16.9. The molecule has 0 unspecified atom stereocenters. The molecule has 2 rings (SSSR count). The Hall–Kier alpha value is -2.60. The number of carbonyl (C=O) groups is 2. The molecule has 0 aliphatic carbocycles. The van der Waals surface area contributed by atoms with Crippen LogP contribution in [0.25, 0.3) is 11.1 Å². The van der Waals surface area contributed by atoms with E-state index in [0.29, 0.717) is 5.56 Å². The van der Waals surface area contributed by atoms with Crippen LogP contribution in [-0.4, -0.2) is 28.4 Å². The van der Waals surface area contributed by atoms with Gasteiger partial charge in [0.15, 0.2) is 5.82 Å². The first-order chi connectivity index (χ1) is 12.9. The topological polar surface area (TPSA) is 68.7 Å². The first-order valence-corrected chi connectivity index (χ1v) is 9.23. The van der Waals surface area contributed by atoms with Crippen LogP contribution in [0.2, 0.25) is 5.15 Å². The van der Waals surface area contributed by atoms with Gasteiger partial charge in [-0.1, -0.05) is 41.9 Å². The lowest BCUT2D eigenvalue weighted by Crippen LogP contribution is -2.44. The minimum absolute atomic E-state index is 0.0437. The van der Waals surface area contributed by atoms with Gasteiger partial charge in [-0.15, -0.1) is 0 Å². The van der Waals surface area contributed by atoms with Crippen molar-refractivity contribution in [2.45, 2.75) is 52.7 Å². The molecule has 1 aromatic carbocycles. The van der Waals surface area contributed by atoms with Crippen LogP contribution in [-0.2, 0) is 9.47 Å². The molecule has 28 heavy (non-hydrogen) atoms. The lowest BCUT2D eigenvalue weighted by atomic mass is 10.1. The molecule has 0 saturated carbocycles. The number of carbonyl (C=O) groups excluding carboxylic acids is 2. The number of hydrogen-bond donors (Lipinski definition) is 0. The molecule has 0 atom stereocenters. The molecule has 150 valence electrons. The number of benzene rings is 1. The maximum Gasteiger partial charge on any atom is 0.425 e. The molecule has 1 heterocycles. The predicted octanol–water partition coefficient (Wildman–Crippen LogP) is 6.08. The van der Waals surface area contributed by atoms with Crippen LogP contribution < -0.4 is 4.90 Å². The summed E-state index contributed by atoms with van der Waals surface area (Å²) in [5.74, 6) is 0.0437. The van der Waals surface area contributed by atoms with Crippen LogP contribution in [0.4, 0.5) is 15.4 Å². The molecule has 0 N–H and O–H groups in total. The molecule has 2 aromatic rings. The Morgan fingerprint density at radius 3 is 1.82 bits per heavy atom. The van der Waals surface area contributed by atoms with Crippen molar-refractivity contribution >= 4 is 29.6 Å². The van der Waals surface area contributed by atoms with E-state index in [1.165, 1.54) is 0 Å².